The molecule has 1 aromatic carbocycles. The first kappa shape index (κ1) is 15.6. The number of aromatic nitrogens is 1. The van der Waals surface area contributed by atoms with E-state index in [0.29, 0.717) is 22.4 Å². The minimum Gasteiger partial charge on any atom is -0.451 e. The van der Waals surface area contributed by atoms with Gasteiger partial charge in [-0.2, -0.15) is 0 Å². The summed E-state index contributed by atoms with van der Waals surface area (Å²) < 4.78 is 5.59. The van der Waals surface area contributed by atoms with E-state index in [1.807, 2.05) is 12.1 Å². The van der Waals surface area contributed by atoms with Crippen molar-refractivity contribution in [1.82, 2.24) is 10.3 Å². The van der Waals surface area contributed by atoms with Gasteiger partial charge in [-0.25, -0.2) is 0 Å². The number of furan rings is 1. The number of pyridine rings is 1. The predicted octanol–water partition coefficient (Wildman–Crippen LogP) is 4.58. The third kappa shape index (κ3) is 3.73. The fourth-order valence-corrected chi connectivity index (χ4v) is 2.33. The van der Waals surface area contributed by atoms with E-state index in [0.717, 1.165) is 11.1 Å². The first-order valence-corrected chi connectivity index (χ1v) is 7.61. The van der Waals surface area contributed by atoms with Gasteiger partial charge in [-0.3, -0.25) is 9.78 Å². The van der Waals surface area contributed by atoms with Crippen molar-refractivity contribution in [2.24, 2.45) is 0 Å². The molecule has 116 valence electrons. The molecule has 1 amide bonds. The van der Waals surface area contributed by atoms with Crippen LogP contribution in [0.3, 0.4) is 0 Å². The third-order valence-electron chi connectivity index (χ3n) is 3.21. The highest BCUT2D eigenvalue weighted by Gasteiger charge is 2.12. The van der Waals surface area contributed by atoms with Gasteiger partial charge < -0.3 is 9.73 Å². The Labute approximate surface area is 143 Å². The highest BCUT2D eigenvalue weighted by molar-refractivity contribution is 6.42. The Hall–Kier alpha value is -2.30. The van der Waals surface area contributed by atoms with Gasteiger partial charge in [0.1, 0.15) is 5.76 Å². The Bertz CT molecular complexity index is 832. The number of carbonyl (C=O) groups is 1. The maximum absolute atomic E-state index is 12.1. The van der Waals surface area contributed by atoms with Gasteiger partial charge in [0.15, 0.2) is 5.76 Å². The molecule has 6 heteroatoms. The van der Waals surface area contributed by atoms with E-state index in [2.05, 4.69) is 10.3 Å². The molecule has 23 heavy (non-hydrogen) atoms. The Morgan fingerprint density at radius 1 is 1.13 bits per heavy atom. The SMILES string of the molecule is O=C(NCc1cccnc1)c1ccc(-c2ccc(Cl)c(Cl)c2)o1. The normalized spacial score (nSPS) is 10.5. The molecule has 0 saturated heterocycles. The Morgan fingerprint density at radius 2 is 2.00 bits per heavy atom. The van der Waals surface area contributed by atoms with Gasteiger partial charge in [-0.1, -0.05) is 29.3 Å². The van der Waals surface area contributed by atoms with Crippen molar-refractivity contribution in [3.63, 3.8) is 0 Å². The van der Waals surface area contributed by atoms with Crippen LogP contribution in [0.4, 0.5) is 0 Å². The molecule has 3 aromatic rings. The summed E-state index contributed by atoms with van der Waals surface area (Å²) in [4.78, 5) is 16.1. The number of benzene rings is 1. The van der Waals surface area contributed by atoms with Gasteiger partial charge in [-0.15, -0.1) is 0 Å². The van der Waals surface area contributed by atoms with Crippen molar-refractivity contribution in [3.8, 4) is 11.3 Å². The Morgan fingerprint density at radius 3 is 2.74 bits per heavy atom. The van der Waals surface area contributed by atoms with Crippen LogP contribution in [0.5, 0.6) is 0 Å². The molecule has 0 aliphatic carbocycles. The Balaban J connectivity index is 1.71. The number of hydrogen-bond donors (Lipinski definition) is 1. The number of amides is 1. The summed E-state index contributed by atoms with van der Waals surface area (Å²) >= 11 is 11.9. The van der Waals surface area contributed by atoms with Crippen molar-refractivity contribution in [1.29, 1.82) is 0 Å². The second kappa shape index (κ2) is 6.86. The van der Waals surface area contributed by atoms with Gasteiger partial charge >= 0.3 is 0 Å². The maximum atomic E-state index is 12.1. The van der Waals surface area contributed by atoms with Gasteiger partial charge in [-0.05, 0) is 42.0 Å². The molecule has 0 aliphatic rings. The summed E-state index contributed by atoms with van der Waals surface area (Å²) in [5.41, 5.74) is 1.67. The van der Waals surface area contributed by atoms with Crippen LogP contribution in [0.15, 0.2) is 59.3 Å². The molecule has 0 saturated carbocycles. The van der Waals surface area contributed by atoms with Crippen molar-refractivity contribution in [2.75, 3.05) is 0 Å². The van der Waals surface area contributed by atoms with E-state index in [1.54, 1.807) is 42.7 Å². The molecule has 0 unspecified atom stereocenters. The zero-order chi connectivity index (χ0) is 16.2. The van der Waals surface area contributed by atoms with Crippen molar-refractivity contribution in [3.05, 3.63) is 76.2 Å². The second-order valence-corrected chi connectivity index (χ2v) is 5.65. The molecule has 0 atom stereocenters. The van der Waals surface area contributed by atoms with Crippen molar-refractivity contribution < 1.29 is 9.21 Å². The largest absolute Gasteiger partial charge is 0.451 e. The molecular formula is C17H12Cl2N2O2. The van der Waals surface area contributed by atoms with Crippen LogP contribution in [0.1, 0.15) is 16.1 Å². The predicted molar refractivity (Wildman–Crippen MR) is 89.6 cm³/mol. The van der Waals surface area contributed by atoms with Crippen LogP contribution in [0.25, 0.3) is 11.3 Å². The van der Waals surface area contributed by atoms with E-state index >= 15 is 0 Å². The summed E-state index contributed by atoms with van der Waals surface area (Å²) in [6.45, 7) is 0.384. The lowest BCUT2D eigenvalue weighted by Crippen LogP contribution is -2.22. The van der Waals surface area contributed by atoms with E-state index < -0.39 is 0 Å². The van der Waals surface area contributed by atoms with Crippen LogP contribution in [-0.2, 0) is 6.54 Å². The molecular weight excluding hydrogens is 335 g/mol. The molecule has 4 nitrogen and oxygen atoms in total. The van der Waals surface area contributed by atoms with Gasteiger partial charge in [0.2, 0.25) is 0 Å². The zero-order valence-corrected chi connectivity index (χ0v) is 13.4. The van der Waals surface area contributed by atoms with E-state index in [9.17, 15) is 4.79 Å². The van der Waals surface area contributed by atoms with Gasteiger partial charge in [0.25, 0.3) is 5.91 Å². The molecule has 0 spiro atoms. The smallest absolute Gasteiger partial charge is 0.287 e. The Kier molecular flexibility index (Phi) is 4.65. The average molecular weight is 347 g/mol. The summed E-state index contributed by atoms with van der Waals surface area (Å²) in [7, 11) is 0. The van der Waals surface area contributed by atoms with Crippen LogP contribution >= 0.6 is 23.2 Å². The quantitative estimate of drug-likeness (QED) is 0.752. The molecule has 2 heterocycles. The summed E-state index contributed by atoms with van der Waals surface area (Å²) in [5, 5.41) is 3.68. The molecule has 0 aliphatic heterocycles. The molecule has 0 radical (unpaired) electrons. The minimum atomic E-state index is -0.292. The lowest BCUT2D eigenvalue weighted by atomic mass is 10.2. The molecule has 0 fully saturated rings. The first-order valence-electron chi connectivity index (χ1n) is 6.86. The van der Waals surface area contributed by atoms with Crippen LogP contribution in [0, 0.1) is 0 Å². The number of halogens is 2. The number of hydrogen-bond acceptors (Lipinski definition) is 3. The highest BCUT2D eigenvalue weighted by atomic mass is 35.5. The van der Waals surface area contributed by atoms with Crippen LogP contribution < -0.4 is 5.32 Å². The number of carbonyl (C=O) groups excluding carboxylic acids is 1. The van der Waals surface area contributed by atoms with E-state index in [4.69, 9.17) is 27.6 Å². The number of nitrogens with one attached hydrogen (secondary N) is 1. The highest BCUT2D eigenvalue weighted by Crippen LogP contribution is 2.29. The van der Waals surface area contributed by atoms with Crippen LogP contribution in [0.2, 0.25) is 10.0 Å². The van der Waals surface area contributed by atoms with Gasteiger partial charge in [0.05, 0.1) is 10.0 Å². The lowest BCUT2D eigenvalue weighted by Gasteiger charge is -2.03. The molecule has 1 N–H and O–H groups in total. The molecule has 0 bridgehead atoms. The average Bonchev–Trinajstić information content (AvgIpc) is 3.06. The van der Waals surface area contributed by atoms with Crippen molar-refractivity contribution >= 4 is 29.1 Å². The van der Waals surface area contributed by atoms with E-state index in [-0.39, 0.29) is 11.7 Å². The monoisotopic (exact) mass is 346 g/mol. The maximum Gasteiger partial charge on any atom is 0.287 e. The molecule has 2 aromatic heterocycles. The summed E-state index contributed by atoms with van der Waals surface area (Å²) in [6.07, 6.45) is 3.38. The number of nitrogens with zero attached hydrogens (tertiary/aromatic N) is 1. The minimum absolute atomic E-state index is 0.231. The third-order valence-corrected chi connectivity index (χ3v) is 3.95. The fourth-order valence-electron chi connectivity index (χ4n) is 2.04. The standard InChI is InChI=1S/C17H12Cl2N2O2/c18-13-4-3-12(8-14(13)19)15-5-6-16(23-15)17(22)21-10-11-2-1-7-20-9-11/h1-9H,10H2,(H,21,22). The zero-order valence-electron chi connectivity index (χ0n) is 11.9. The van der Waals surface area contributed by atoms with Crippen molar-refractivity contribution in [2.45, 2.75) is 6.54 Å². The number of rotatable bonds is 4. The van der Waals surface area contributed by atoms with Crippen LogP contribution in [-0.4, -0.2) is 10.9 Å². The molecule has 3 rings (SSSR count). The summed E-state index contributed by atoms with van der Waals surface area (Å²) in [5.74, 6) is 0.491. The van der Waals surface area contributed by atoms with Gasteiger partial charge in [0, 0.05) is 24.5 Å². The topological polar surface area (TPSA) is 55.1 Å². The first-order chi connectivity index (χ1) is 11.1. The second-order valence-electron chi connectivity index (χ2n) is 4.84. The lowest BCUT2D eigenvalue weighted by molar-refractivity contribution is 0.0924. The summed E-state index contributed by atoms with van der Waals surface area (Å²) in [6, 6.07) is 12.2. The van der Waals surface area contributed by atoms with E-state index in [1.165, 1.54) is 0 Å². The fraction of sp³-hybridized carbons (Fsp3) is 0.0588.